The van der Waals surface area contributed by atoms with Gasteiger partial charge in [-0.05, 0) is 29.6 Å². The summed E-state index contributed by atoms with van der Waals surface area (Å²) in [6.07, 6.45) is -0.699. The minimum atomic E-state index is -0.699. The molecule has 0 saturated heterocycles. The molecule has 0 aliphatic rings. The monoisotopic (exact) mass is 359 g/mol. The number of carbonyl (C=O) groups is 1. The topological polar surface area (TPSA) is 49.3 Å². The van der Waals surface area contributed by atoms with Crippen LogP contribution in [-0.4, -0.2) is 17.6 Å². The van der Waals surface area contributed by atoms with Crippen molar-refractivity contribution < 1.29 is 9.90 Å². The average molecular weight is 361 g/mol. The summed E-state index contributed by atoms with van der Waals surface area (Å²) in [4.78, 5) is 12.8. The van der Waals surface area contributed by atoms with Gasteiger partial charge in [0, 0.05) is 15.9 Å². The quantitative estimate of drug-likeness (QED) is 0.875. The zero-order valence-electron chi connectivity index (χ0n) is 9.77. The van der Waals surface area contributed by atoms with Crippen LogP contribution in [0.4, 0.5) is 0 Å². The Labute approximate surface area is 128 Å². The Hall–Kier alpha value is -0.880. The van der Waals surface area contributed by atoms with Gasteiger partial charge in [0.15, 0.2) is 0 Å². The highest BCUT2D eigenvalue weighted by Gasteiger charge is 2.14. The van der Waals surface area contributed by atoms with Crippen LogP contribution in [0.5, 0.6) is 0 Å². The van der Waals surface area contributed by atoms with Crippen LogP contribution in [-0.2, 0) is 0 Å². The molecule has 0 aliphatic carbocycles. The molecule has 2 N–H and O–H groups in total. The Bertz CT molecular complexity index is 574. The number of aliphatic hydroxyl groups excluding tert-OH is 1. The molecular formula is C13H11BrClNO2S. The maximum Gasteiger partial charge on any atom is 0.252 e. The second kappa shape index (κ2) is 6.52. The molecular weight excluding hydrogens is 350 g/mol. The molecule has 100 valence electrons. The van der Waals surface area contributed by atoms with Crippen LogP contribution in [0.25, 0.3) is 0 Å². The molecule has 1 heterocycles. The van der Waals surface area contributed by atoms with E-state index < -0.39 is 6.10 Å². The molecule has 6 heteroatoms. The van der Waals surface area contributed by atoms with Crippen LogP contribution >= 0.6 is 38.9 Å². The summed E-state index contributed by atoms with van der Waals surface area (Å²) >= 11 is 10.7. The summed E-state index contributed by atoms with van der Waals surface area (Å²) in [5.74, 6) is -0.304. The second-order valence-corrected chi connectivity index (χ2v) is 6.17. The minimum Gasteiger partial charge on any atom is -0.386 e. The molecule has 3 nitrogen and oxygen atoms in total. The number of nitrogens with one attached hydrogen (secondary N) is 1. The molecule has 1 aromatic carbocycles. The summed E-state index contributed by atoms with van der Waals surface area (Å²) in [5, 5.41) is 14.8. The molecule has 2 rings (SSSR count). The van der Waals surface area contributed by atoms with Crippen LogP contribution in [0.15, 0.2) is 40.2 Å². The van der Waals surface area contributed by atoms with Crippen molar-refractivity contribution in [3.05, 3.63) is 55.6 Å². The summed E-state index contributed by atoms with van der Waals surface area (Å²) < 4.78 is 0.779. The molecule has 1 atom stereocenters. The van der Waals surface area contributed by atoms with Gasteiger partial charge in [0.1, 0.15) is 6.10 Å². The van der Waals surface area contributed by atoms with E-state index in [-0.39, 0.29) is 12.5 Å². The lowest BCUT2D eigenvalue weighted by atomic mass is 10.2. The van der Waals surface area contributed by atoms with Crippen molar-refractivity contribution in [2.45, 2.75) is 6.10 Å². The number of amides is 1. The fourth-order valence-corrected chi connectivity index (χ4v) is 2.81. The van der Waals surface area contributed by atoms with Crippen molar-refractivity contribution in [2.75, 3.05) is 6.54 Å². The predicted octanol–water partition coefficient (Wildman–Crippen LogP) is 3.63. The zero-order valence-corrected chi connectivity index (χ0v) is 12.9. The first-order chi connectivity index (χ1) is 9.08. The summed E-state index contributed by atoms with van der Waals surface area (Å²) in [5.41, 5.74) is 0.384. The number of hydrogen-bond acceptors (Lipinski definition) is 3. The van der Waals surface area contributed by atoms with Crippen LogP contribution in [0.3, 0.4) is 0 Å². The van der Waals surface area contributed by atoms with Crippen LogP contribution in [0.2, 0.25) is 5.02 Å². The van der Waals surface area contributed by atoms with Crippen molar-refractivity contribution in [3.8, 4) is 0 Å². The van der Waals surface area contributed by atoms with E-state index in [9.17, 15) is 9.90 Å². The van der Waals surface area contributed by atoms with Gasteiger partial charge in [0.25, 0.3) is 5.91 Å². The number of carbonyl (C=O) groups excluding carboxylic acids is 1. The molecule has 0 saturated carbocycles. The van der Waals surface area contributed by atoms with E-state index in [1.54, 1.807) is 18.2 Å². The molecule has 2 aromatic rings. The number of thiophene rings is 1. The Morgan fingerprint density at radius 1 is 1.47 bits per heavy atom. The van der Waals surface area contributed by atoms with Gasteiger partial charge in [-0.2, -0.15) is 0 Å². The van der Waals surface area contributed by atoms with E-state index in [1.807, 2.05) is 17.5 Å². The number of aliphatic hydroxyl groups is 1. The van der Waals surface area contributed by atoms with Crippen LogP contribution < -0.4 is 5.32 Å². The molecule has 0 fully saturated rings. The molecule has 1 aromatic heterocycles. The van der Waals surface area contributed by atoms with Crippen molar-refractivity contribution in [3.63, 3.8) is 0 Å². The van der Waals surface area contributed by atoms with Gasteiger partial charge < -0.3 is 10.4 Å². The van der Waals surface area contributed by atoms with E-state index in [2.05, 4.69) is 21.2 Å². The normalized spacial score (nSPS) is 12.2. The fraction of sp³-hybridized carbons (Fsp3) is 0.154. The first-order valence-electron chi connectivity index (χ1n) is 5.52. The highest BCUT2D eigenvalue weighted by Crippen LogP contribution is 2.21. The van der Waals surface area contributed by atoms with Gasteiger partial charge in [-0.25, -0.2) is 0 Å². The lowest BCUT2D eigenvalue weighted by Crippen LogP contribution is -2.28. The van der Waals surface area contributed by atoms with Gasteiger partial charge in [0.2, 0.25) is 0 Å². The standard InChI is InChI=1S/C13H11BrClNO2S/c14-8-3-4-10(15)9(6-8)13(18)16-7-11(17)12-2-1-5-19-12/h1-6,11,17H,7H2,(H,16,18). The number of benzene rings is 1. The smallest absolute Gasteiger partial charge is 0.252 e. The predicted molar refractivity (Wildman–Crippen MR) is 80.8 cm³/mol. The fourth-order valence-electron chi connectivity index (χ4n) is 1.54. The first kappa shape index (κ1) is 14.5. The number of rotatable bonds is 4. The van der Waals surface area contributed by atoms with Gasteiger partial charge in [0.05, 0.1) is 10.6 Å². The third-order valence-corrected chi connectivity index (χ3v) is 4.30. The van der Waals surface area contributed by atoms with E-state index >= 15 is 0 Å². The molecule has 0 radical (unpaired) electrons. The third-order valence-electron chi connectivity index (χ3n) is 2.50. The molecule has 1 unspecified atom stereocenters. The van der Waals surface area contributed by atoms with Crippen LogP contribution in [0.1, 0.15) is 21.3 Å². The van der Waals surface area contributed by atoms with Crippen molar-refractivity contribution in [1.29, 1.82) is 0 Å². The summed E-state index contributed by atoms with van der Waals surface area (Å²) in [7, 11) is 0. The van der Waals surface area contributed by atoms with E-state index in [0.29, 0.717) is 10.6 Å². The Morgan fingerprint density at radius 2 is 2.26 bits per heavy atom. The summed E-state index contributed by atoms with van der Waals surface area (Å²) in [6, 6.07) is 8.74. The SMILES string of the molecule is O=C(NCC(O)c1cccs1)c1cc(Br)ccc1Cl. The Kier molecular flexibility index (Phi) is 4.99. The maximum atomic E-state index is 12.0. The van der Waals surface area contributed by atoms with Gasteiger partial charge in [-0.1, -0.05) is 33.6 Å². The largest absolute Gasteiger partial charge is 0.386 e. The van der Waals surface area contributed by atoms with Crippen molar-refractivity contribution in [1.82, 2.24) is 5.32 Å². The minimum absolute atomic E-state index is 0.155. The molecule has 19 heavy (non-hydrogen) atoms. The molecule has 0 bridgehead atoms. The molecule has 0 aliphatic heterocycles. The van der Waals surface area contributed by atoms with Crippen molar-refractivity contribution >= 4 is 44.8 Å². The van der Waals surface area contributed by atoms with E-state index in [1.165, 1.54) is 11.3 Å². The van der Waals surface area contributed by atoms with Gasteiger partial charge >= 0.3 is 0 Å². The van der Waals surface area contributed by atoms with E-state index in [0.717, 1.165) is 9.35 Å². The van der Waals surface area contributed by atoms with Gasteiger partial charge in [-0.15, -0.1) is 11.3 Å². The van der Waals surface area contributed by atoms with Gasteiger partial charge in [-0.3, -0.25) is 4.79 Å². The second-order valence-electron chi connectivity index (χ2n) is 3.87. The van der Waals surface area contributed by atoms with E-state index in [4.69, 9.17) is 11.6 Å². The maximum absolute atomic E-state index is 12.0. The Balaban J connectivity index is 2.00. The lowest BCUT2D eigenvalue weighted by Gasteiger charge is -2.11. The number of hydrogen-bond donors (Lipinski definition) is 2. The highest BCUT2D eigenvalue weighted by molar-refractivity contribution is 9.10. The third kappa shape index (κ3) is 3.79. The molecule has 0 spiro atoms. The average Bonchev–Trinajstić information content (AvgIpc) is 2.92. The van der Waals surface area contributed by atoms with Crippen LogP contribution in [0, 0.1) is 0 Å². The first-order valence-corrected chi connectivity index (χ1v) is 7.57. The highest BCUT2D eigenvalue weighted by atomic mass is 79.9. The summed E-state index contributed by atoms with van der Waals surface area (Å²) in [6.45, 7) is 0.155. The zero-order chi connectivity index (χ0) is 13.8. The number of halogens is 2. The lowest BCUT2D eigenvalue weighted by molar-refractivity contribution is 0.0918. The molecule has 1 amide bonds. The van der Waals surface area contributed by atoms with Crippen molar-refractivity contribution in [2.24, 2.45) is 0 Å². The Morgan fingerprint density at radius 3 is 2.95 bits per heavy atom.